The minimum absolute atomic E-state index is 0.192. The molecule has 24 heavy (non-hydrogen) atoms. The molecule has 1 heterocycles. The number of aromatic nitrogens is 2. The van der Waals surface area contributed by atoms with Gasteiger partial charge in [-0.2, -0.15) is 0 Å². The van der Waals surface area contributed by atoms with E-state index in [0.29, 0.717) is 17.4 Å². The fraction of sp³-hybridized carbons (Fsp3) is 0.176. The Morgan fingerprint density at radius 2 is 1.42 bits per heavy atom. The number of rotatable bonds is 5. The van der Waals surface area contributed by atoms with E-state index in [1.807, 2.05) is 24.3 Å². The maximum atomic E-state index is 12.6. The molecule has 1 aliphatic carbocycles. The maximum absolute atomic E-state index is 12.6. The second kappa shape index (κ2) is 5.76. The molecule has 0 unspecified atom stereocenters. The van der Waals surface area contributed by atoms with Gasteiger partial charge in [0.25, 0.3) is 10.0 Å². The van der Waals surface area contributed by atoms with Crippen LogP contribution in [0.5, 0.6) is 0 Å². The zero-order chi connectivity index (χ0) is 16.6. The predicted molar refractivity (Wildman–Crippen MR) is 93.4 cm³/mol. The Balaban J connectivity index is 1.76. The predicted octanol–water partition coefficient (Wildman–Crippen LogP) is 3.00. The van der Waals surface area contributed by atoms with Crippen LogP contribution in [0.2, 0.25) is 0 Å². The Morgan fingerprint density at radius 1 is 0.833 bits per heavy atom. The number of sulfonamides is 1. The molecule has 0 atom stereocenters. The van der Waals surface area contributed by atoms with Gasteiger partial charge in [0.1, 0.15) is 0 Å². The van der Waals surface area contributed by atoms with Gasteiger partial charge in [0.05, 0.1) is 15.9 Å². The minimum atomic E-state index is -3.71. The molecule has 0 spiro atoms. The van der Waals surface area contributed by atoms with Gasteiger partial charge in [0.2, 0.25) is 0 Å². The van der Waals surface area contributed by atoms with Crippen LogP contribution in [-0.2, 0) is 10.0 Å². The van der Waals surface area contributed by atoms with E-state index in [1.54, 1.807) is 30.3 Å². The molecular weight excluding hydrogens is 324 g/mol. The van der Waals surface area contributed by atoms with Gasteiger partial charge in [-0.3, -0.25) is 4.72 Å². The number of hydrogen-bond acceptors (Lipinski definition) is 5. The quantitative estimate of drug-likeness (QED) is 0.746. The molecule has 1 fully saturated rings. The molecule has 1 aliphatic rings. The average Bonchev–Trinajstić information content (AvgIpc) is 3.40. The number of fused-ring (bicyclic) bond motifs is 1. The molecule has 0 radical (unpaired) electrons. The summed E-state index contributed by atoms with van der Waals surface area (Å²) in [6.07, 6.45) is 2.11. The van der Waals surface area contributed by atoms with E-state index < -0.39 is 10.0 Å². The van der Waals surface area contributed by atoms with Crippen LogP contribution in [0.3, 0.4) is 0 Å². The van der Waals surface area contributed by atoms with Crippen molar-refractivity contribution in [2.75, 3.05) is 10.0 Å². The van der Waals surface area contributed by atoms with Gasteiger partial charge in [-0.15, -0.1) is 0 Å². The van der Waals surface area contributed by atoms with E-state index in [-0.39, 0.29) is 10.7 Å². The van der Waals surface area contributed by atoms with Gasteiger partial charge >= 0.3 is 0 Å². The molecule has 7 heteroatoms. The van der Waals surface area contributed by atoms with E-state index in [0.717, 1.165) is 18.4 Å². The average molecular weight is 340 g/mol. The van der Waals surface area contributed by atoms with Crippen molar-refractivity contribution in [2.45, 2.75) is 23.8 Å². The lowest BCUT2D eigenvalue weighted by Gasteiger charge is -2.13. The van der Waals surface area contributed by atoms with Crippen LogP contribution >= 0.6 is 0 Å². The number of hydrogen-bond donors (Lipinski definition) is 2. The Bertz CT molecular complexity index is 986. The van der Waals surface area contributed by atoms with E-state index in [9.17, 15) is 8.42 Å². The second-order valence-electron chi connectivity index (χ2n) is 5.75. The molecule has 2 N–H and O–H groups in total. The lowest BCUT2D eigenvalue weighted by molar-refractivity contribution is 0.601. The zero-order valence-electron chi connectivity index (χ0n) is 12.8. The largest absolute Gasteiger partial charge is 0.364 e. The van der Waals surface area contributed by atoms with Gasteiger partial charge in [0.15, 0.2) is 11.6 Å². The van der Waals surface area contributed by atoms with Crippen LogP contribution in [0.4, 0.5) is 11.6 Å². The number of nitrogens with zero attached hydrogens (tertiary/aromatic N) is 2. The van der Waals surface area contributed by atoms with Crippen LogP contribution in [0.15, 0.2) is 59.5 Å². The Hall–Kier alpha value is -2.67. The van der Waals surface area contributed by atoms with E-state index in [1.165, 1.54) is 0 Å². The zero-order valence-corrected chi connectivity index (χ0v) is 13.6. The molecule has 6 nitrogen and oxygen atoms in total. The molecular formula is C17H16N4O2S. The summed E-state index contributed by atoms with van der Waals surface area (Å²) >= 11 is 0. The molecule has 2 aromatic carbocycles. The van der Waals surface area contributed by atoms with Crippen molar-refractivity contribution in [1.29, 1.82) is 0 Å². The van der Waals surface area contributed by atoms with Gasteiger partial charge in [-0.25, -0.2) is 18.4 Å². The normalized spacial score (nSPS) is 14.5. The highest BCUT2D eigenvalue weighted by Crippen LogP contribution is 2.29. The van der Waals surface area contributed by atoms with Crippen LogP contribution in [-0.4, -0.2) is 24.4 Å². The van der Waals surface area contributed by atoms with Crippen molar-refractivity contribution in [2.24, 2.45) is 0 Å². The third-order valence-electron chi connectivity index (χ3n) is 3.77. The fourth-order valence-electron chi connectivity index (χ4n) is 2.38. The highest BCUT2D eigenvalue weighted by Gasteiger charge is 2.25. The van der Waals surface area contributed by atoms with E-state index in [2.05, 4.69) is 20.0 Å². The number of anilines is 2. The third kappa shape index (κ3) is 3.03. The monoisotopic (exact) mass is 340 g/mol. The number of para-hydroxylation sites is 2. The molecule has 0 bridgehead atoms. The summed E-state index contributed by atoms with van der Waals surface area (Å²) in [6, 6.07) is 16.0. The minimum Gasteiger partial charge on any atom is -0.364 e. The van der Waals surface area contributed by atoms with Gasteiger partial charge in [0, 0.05) is 6.04 Å². The highest BCUT2D eigenvalue weighted by atomic mass is 32.2. The molecule has 4 rings (SSSR count). The molecule has 1 aromatic heterocycles. The molecule has 122 valence electrons. The van der Waals surface area contributed by atoms with Gasteiger partial charge in [-0.05, 0) is 37.1 Å². The first-order valence-electron chi connectivity index (χ1n) is 7.73. The number of benzene rings is 2. The van der Waals surface area contributed by atoms with Crippen LogP contribution < -0.4 is 10.0 Å². The van der Waals surface area contributed by atoms with E-state index >= 15 is 0 Å². The van der Waals surface area contributed by atoms with Crippen molar-refractivity contribution in [3.63, 3.8) is 0 Å². The summed E-state index contributed by atoms with van der Waals surface area (Å²) in [6.45, 7) is 0. The SMILES string of the molecule is O=S(=O)(Nc1nc2ccccc2nc1NC1CC1)c1ccccc1. The first-order chi connectivity index (χ1) is 11.6. The van der Waals surface area contributed by atoms with Crippen LogP contribution in [0.1, 0.15) is 12.8 Å². The lowest BCUT2D eigenvalue weighted by Crippen LogP contribution is -2.17. The Kier molecular flexibility index (Phi) is 3.57. The van der Waals surface area contributed by atoms with Crippen molar-refractivity contribution in [3.05, 3.63) is 54.6 Å². The second-order valence-corrected chi connectivity index (χ2v) is 7.43. The standard InChI is InChI=1S/C17H16N4O2S/c22-24(23,13-6-2-1-3-7-13)21-17-16(18-12-10-11-12)19-14-8-4-5-9-15(14)20-17/h1-9,12H,10-11H2,(H,18,19)(H,20,21). The third-order valence-corrected chi connectivity index (χ3v) is 5.13. The van der Waals surface area contributed by atoms with Crippen molar-refractivity contribution < 1.29 is 8.42 Å². The Labute approximate surface area is 140 Å². The maximum Gasteiger partial charge on any atom is 0.263 e. The summed E-state index contributed by atoms with van der Waals surface area (Å²) in [4.78, 5) is 9.18. The number of nitrogens with one attached hydrogen (secondary N) is 2. The molecule has 3 aromatic rings. The summed E-state index contributed by atoms with van der Waals surface area (Å²) in [5, 5.41) is 3.25. The van der Waals surface area contributed by atoms with E-state index in [4.69, 9.17) is 0 Å². The smallest absolute Gasteiger partial charge is 0.263 e. The molecule has 0 amide bonds. The fourth-order valence-corrected chi connectivity index (χ4v) is 3.41. The first kappa shape index (κ1) is 14.9. The molecule has 0 saturated heterocycles. The lowest BCUT2D eigenvalue weighted by atomic mass is 10.3. The summed E-state index contributed by atoms with van der Waals surface area (Å²) in [7, 11) is -3.71. The summed E-state index contributed by atoms with van der Waals surface area (Å²) in [5.74, 6) is 0.695. The molecule has 0 aliphatic heterocycles. The van der Waals surface area contributed by atoms with Crippen LogP contribution in [0.25, 0.3) is 11.0 Å². The van der Waals surface area contributed by atoms with Crippen molar-refractivity contribution in [1.82, 2.24) is 9.97 Å². The first-order valence-corrected chi connectivity index (χ1v) is 9.21. The summed E-state index contributed by atoms with van der Waals surface area (Å²) in [5.41, 5.74) is 1.37. The Morgan fingerprint density at radius 3 is 2.04 bits per heavy atom. The van der Waals surface area contributed by atoms with Gasteiger partial charge in [-0.1, -0.05) is 30.3 Å². The van der Waals surface area contributed by atoms with Gasteiger partial charge < -0.3 is 5.32 Å². The molecule has 1 saturated carbocycles. The van der Waals surface area contributed by atoms with Crippen molar-refractivity contribution in [3.8, 4) is 0 Å². The summed E-state index contributed by atoms with van der Waals surface area (Å²) < 4.78 is 27.7. The topological polar surface area (TPSA) is 84.0 Å². The van der Waals surface area contributed by atoms with Crippen molar-refractivity contribution >= 4 is 32.7 Å². The van der Waals surface area contributed by atoms with Crippen LogP contribution in [0, 0.1) is 0 Å². The highest BCUT2D eigenvalue weighted by molar-refractivity contribution is 7.92.